The number of carbonyl (C=O) groups is 1. The van der Waals surface area contributed by atoms with Crippen LogP contribution in [0.3, 0.4) is 0 Å². The third-order valence-electron chi connectivity index (χ3n) is 3.94. The van der Waals surface area contributed by atoms with Crippen molar-refractivity contribution in [1.82, 2.24) is 4.90 Å². The molecule has 0 aromatic heterocycles. The molecule has 0 bridgehead atoms. The van der Waals surface area contributed by atoms with Gasteiger partial charge in [-0.1, -0.05) is 41.4 Å². The van der Waals surface area contributed by atoms with Crippen LogP contribution in [0.2, 0.25) is 10.0 Å². The quantitative estimate of drug-likeness (QED) is 0.758. The maximum atomic E-state index is 12.8. The molecule has 0 saturated heterocycles. The maximum absolute atomic E-state index is 12.8. The Morgan fingerprint density at radius 3 is 2.21 bits per heavy atom. The van der Waals surface area contributed by atoms with Crippen molar-refractivity contribution in [3.8, 4) is 11.5 Å². The minimum Gasteiger partial charge on any atom is -0.496 e. The second-order valence-electron chi connectivity index (χ2n) is 5.31. The summed E-state index contributed by atoms with van der Waals surface area (Å²) in [5, 5.41) is 0.596. The largest absolute Gasteiger partial charge is 0.496 e. The lowest BCUT2D eigenvalue weighted by atomic mass is 10.0. The number of hydrogen-bond acceptors (Lipinski definition) is 3. The molecule has 0 heterocycles. The zero-order chi connectivity index (χ0) is 17.9. The van der Waals surface area contributed by atoms with Gasteiger partial charge in [0, 0.05) is 18.2 Å². The summed E-state index contributed by atoms with van der Waals surface area (Å²) < 4.78 is 10.5. The summed E-state index contributed by atoms with van der Waals surface area (Å²) >= 11 is 12.3. The van der Waals surface area contributed by atoms with Gasteiger partial charge in [-0.3, -0.25) is 4.79 Å². The Balaban J connectivity index is 2.32. The van der Waals surface area contributed by atoms with Crippen LogP contribution in [-0.2, 0) is 0 Å². The highest BCUT2D eigenvalue weighted by molar-refractivity contribution is 6.37. The molecule has 0 aliphatic heterocycles. The van der Waals surface area contributed by atoms with Crippen molar-refractivity contribution >= 4 is 29.1 Å². The average Bonchev–Trinajstić information content (AvgIpc) is 2.59. The van der Waals surface area contributed by atoms with Gasteiger partial charge in [-0.2, -0.15) is 0 Å². The molecule has 24 heavy (non-hydrogen) atoms. The van der Waals surface area contributed by atoms with Gasteiger partial charge in [0.25, 0.3) is 5.91 Å². The molecule has 6 heteroatoms. The molecule has 2 aromatic carbocycles. The summed E-state index contributed by atoms with van der Waals surface area (Å²) in [4.78, 5) is 14.4. The number of rotatable bonds is 5. The number of carbonyl (C=O) groups excluding carboxylic acids is 1. The molecular weight excluding hydrogens is 349 g/mol. The number of hydrogen-bond donors (Lipinski definition) is 0. The van der Waals surface area contributed by atoms with Crippen molar-refractivity contribution in [3.63, 3.8) is 0 Å². The Kier molecular flexibility index (Phi) is 5.97. The van der Waals surface area contributed by atoms with Gasteiger partial charge in [-0.05, 0) is 25.1 Å². The van der Waals surface area contributed by atoms with Crippen molar-refractivity contribution in [2.24, 2.45) is 0 Å². The second kappa shape index (κ2) is 7.77. The van der Waals surface area contributed by atoms with Gasteiger partial charge in [-0.15, -0.1) is 0 Å². The Bertz CT molecular complexity index is 726. The van der Waals surface area contributed by atoms with Crippen LogP contribution >= 0.6 is 23.2 Å². The van der Waals surface area contributed by atoms with Crippen molar-refractivity contribution in [3.05, 3.63) is 57.6 Å². The van der Waals surface area contributed by atoms with E-state index in [0.717, 1.165) is 11.3 Å². The van der Waals surface area contributed by atoms with E-state index in [1.54, 1.807) is 31.2 Å². The van der Waals surface area contributed by atoms with E-state index in [1.807, 2.05) is 31.2 Å². The zero-order valence-electron chi connectivity index (χ0n) is 14.0. The van der Waals surface area contributed by atoms with Crippen LogP contribution in [0.1, 0.15) is 28.9 Å². The number of ether oxygens (including phenoxy) is 2. The van der Waals surface area contributed by atoms with E-state index in [0.29, 0.717) is 21.4 Å². The Morgan fingerprint density at radius 1 is 1.08 bits per heavy atom. The van der Waals surface area contributed by atoms with Gasteiger partial charge in [0.05, 0.1) is 30.3 Å². The lowest BCUT2D eigenvalue weighted by Gasteiger charge is -2.27. The van der Waals surface area contributed by atoms with E-state index in [1.165, 1.54) is 7.11 Å². The Labute approximate surface area is 151 Å². The third-order valence-corrected chi connectivity index (χ3v) is 4.50. The highest BCUT2D eigenvalue weighted by atomic mass is 35.5. The smallest absolute Gasteiger partial charge is 0.254 e. The first-order chi connectivity index (χ1) is 11.4. The number of para-hydroxylation sites is 1. The van der Waals surface area contributed by atoms with Gasteiger partial charge in [-0.25, -0.2) is 0 Å². The van der Waals surface area contributed by atoms with Gasteiger partial charge >= 0.3 is 0 Å². The van der Waals surface area contributed by atoms with Crippen molar-refractivity contribution in [2.75, 3.05) is 21.3 Å². The van der Waals surface area contributed by atoms with Crippen LogP contribution in [0.25, 0.3) is 0 Å². The molecule has 128 valence electrons. The fraction of sp³-hybridized carbons (Fsp3) is 0.278. The summed E-state index contributed by atoms with van der Waals surface area (Å²) in [5.74, 6) is 0.894. The lowest BCUT2D eigenvalue weighted by Crippen LogP contribution is -2.30. The van der Waals surface area contributed by atoms with Crippen molar-refractivity contribution < 1.29 is 14.3 Å². The van der Waals surface area contributed by atoms with E-state index in [9.17, 15) is 4.79 Å². The highest BCUT2D eigenvalue weighted by Gasteiger charge is 2.23. The standard InChI is InChI=1S/C18H19Cl2NO3/c1-11(13-7-5-6-8-16(13)23-3)21(2)18(22)12-9-14(19)17(24-4)15(20)10-12/h5-11H,1-4H3/t11-/m1/s1. The van der Waals surface area contributed by atoms with E-state index in [4.69, 9.17) is 32.7 Å². The van der Waals surface area contributed by atoms with Crippen LogP contribution in [-0.4, -0.2) is 32.1 Å². The Morgan fingerprint density at radius 2 is 1.67 bits per heavy atom. The zero-order valence-corrected chi connectivity index (χ0v) is 15.5. The fourth-order valence-corrected chi connectivity index (χ4v) is 3.12. The van der Waals surface area contributed by atoms with Gasteiger partial charge in [0.15, 0.2) is 5.75 Å². The number of amides is 1. The van der Waals surface area contributed by atoms with Crippen LogP contribution in [0, 0.1) is 0 Å². The molecule has 4 nitrogen and oxygen atoms in total. The fourth-order valence-electron chi connectivity index (χ4n) is 2.48. The highest BCUT2D eigenvalue weighted by Crippen LogP contribution is 2.35. The number of nitrogens with zero attached hydrogens (tertiary/aromatic N) is 1. The van der Waals surface area contributed by atoms with Gasteiger partial charge in [0.1, 0.15) is 5.75 Å². The van der Waals surface area contributed by atoms with E-state index >= 15 is 0 Å². The topological polar surface area (TPSA) is 38.8 Å². The number of benzene rings is 2. The Hall–Kier alpha value is -1.91. The molecule has 0 aliphatic carbocycles. The molecule has 0 saturated carbocycles. The molecule has 1 atom stereocenters. The van der Waals surface area contributed by atoms with E-state index in [2.05, 4.69) is 0 Å². The number of halogens is 2. The third kappa shape index (κ3) is 3.60. The molecule has 0 radical (unpaired) electrons. The second-order valence-corrected chi connectivity index (χ2v) is 6.12. The van der Waals surface area contributed by atoms with Crippen molar-refractivity contribution in [2.45, 2.75) is 13.0 Å². The van der Waals surface area contributed by atoms with Gasteiger partial charge in [0.2, 0.25) is 0 Å². The number of methoxy groups -OCH3 is 2. The molecule has 1 amide bonds. The molecule has 0 N–H and O–H groups in total. The van der Waals surface area contributed by atoms with E-state index < -0.39 is 0 Å². The SMILES string of the molecule is COc1ccccc1[C@@H](C)N(C)C(=O)c1cc(Cl)c(OC)c(Cl)c1. The summed E-state index contributed by atoms with van der Waals surface area (Å²) in [5.41, 5.74) is 1.32. The monoisotopic (exact) mass is 367 g/mol. The first-order valence-electron chi connectivity index (χ1n) is 7.33. The molecular formula is C18H19Cl2NO3. The summed E-state index contributed by atoms with van der Waals surface area (Å²) in [7, 11) is 4.81. The van der Waals surface area contributed by atoms with Crippen molar-refractivity contribution in [1.29, 1.82) is 0 Å². The summed E-state index contributed by atoms with van der Waals surface area (Å²) in [6.45, 7) is 1.93. The normalized spacial score (nSPS) is 11.8. The molecule has 0 fully saturated rings. The van der Waals surface area contributed by atoms with Crippen LogP contribution in [0.15, 0.2) is 36.4 Å². The lowest BCUT2D eigenvalue weighted by molar-refractivity contribution is 0.0741. The maximum Gasteiger partial charge on any atom is 0.254 e. The molecule has 0 unspecified atom stereocenters. The molecule has 2 rings (SSSR count). The molecule has 2 aromatic rings. The minimum absolute atomic E-state index is 0.187. The first kappa shape index (κ1) is 18.4. The predicted octanol–water partition coefficient (Wildman–Crippen LogP) is 4.84. The summed E-state index contributed by atoms with van der Waals surface area (Å²) in [6.07, 6.45) is 0. The predicted molar refractivity (Wildman–Crippen MR) is 96.5 cm³/mol. The van der Waals surface area contributed by atoms with Crippen LogP contribution in [0.5, 0.6) is 11.5 Å². The van der Waals surface area contributed by atoms with Crippen LogP contribution in [0.4, 0.5) is 0 Å². The molecule has 0 spiro atoms. The minimum atomic E-state index is -0.195. The molecule has 0 aliphatic rings. The van der Waals surface area contributed by atoms with E-state index in [-0.39, 0.29) is 11.9 Å². The first-order valence-corrected chi connectivity index (χ1v) is 8.09. The summed E-state index contributed by atoms with van der Waals surface area (Å²) in [6, 6.07) is 10.5. The van der Waals surface area contributed by atoms with Crippen LogP contribution < -0.4 is 9.47 Å². The van der Waals surface area contributed by atoms with Gasteiger partial charge < -0.3 is 14.4 Å². The average molecular weight is 368 g/mol.